The van der Waals surface area contributed by atoms with Crippen molar-refractivity contribution < 1.29 is 0 Å². The Kier molecular flexibility index (Phi) is 2.90. The SMILES string of the molecule is CCc1cc2c(cc(C(C)C)c3nsnc32)c2nsnc12. The normalized spacial score (nSPS) is 12.2. The first-order valence-corrected chi connectivity index (χ1v) is 8.49. The highest BCUT2D eigenvalue weighted by atomic mass is 32.1. The van der Waals surface area contributed by atoms with Crippen LogP contribution in [0.4, 0.5) is 0 Å². The Morgan fingerprint density at radius 3 is 2.10 bits per heavy atom. The summed E-state index contributed by atoms with van der Waals surface area (Å²) in [4.78, 5) is 0. The van der Waals surface area contributed by atoms with Crippen LogP contribution in [0.2, 0.25) is 0 Å². The fourth-order valence-electron chi connectivity index (χ4n) is 2.85. The second-order valence-electron chi connectivity index (χ2n) is 5.53. The Morgan fingerprint density at radius 2 is 1.43 bits per heavy atom. The van der Waals surface area contributed by atoms with E-state index in [0.717, 1.165) is 39.3 Å². The van der Waals surface area contributed by atoms with E-state index < -0.39 is 0 Å². The van der Waals surface area contributed by atoms with E-state index in [1.54, 1.807) is 0 Å². The van der Waals surface area contributed by atoms with Gasteiger partial charge >= 0.3 is 0 Å². The predicted octanol–water partition coefficient (Wildman–Crippen LogP) is 4.54. The zero-order valence-electron chi connectivity index (χ0n) is 12.0. The summed E-state index contributed by atoms with van der Waals surface area (Å²) in [5.41, 5.74) is 6.55. The van der Waals surface area contributed by atoms with Gasteiger partial charge in [0.25, 0.3) is 0 Å². The second kappa shape index (κ2) is 4.68. The number of fused-ring (bicyclic) bond motifs is 5. The Hall–Kier alpha value is -1.66. The maximum atomic E-state index is 4.54. The molecule has 2 aromatic carbocycles. The van der Waals surface area contributed by atoms with Crippen molar-refractivity contribution in [1.82, 2.24) is 17.5 Å². The molecular weight excluding hydrogens is 300 g/mol. The van der Waals surface area contributed by atoms with Gasteiger partial charge in [0, 0.05) is 10.8 Å². The maximum Gasteiger partial charge on any atom is 0.112 e. The minimum absolute atomic E-state index is 0.410. The molecule has 2 aromatic heterocycles. The molecule has 0 atom stereocenters. The average molecular weight is 314 g/mol. The summed E-state index contributed by atoms with van der Waals surface area (Å²) in [6.45, 7) is 6.53. The topological polar surface area (TPSA) is 51.6 Å². The van der Waals surface area contributed by atoms with Gasteiger partial charge in [-0.1, -0.05) is 20.8 Å². The molecule has 0 saturated carbocycles. The van der Waals surface area contributed by atoms with Crippen LogP contribution in [0.1, 0.15) is 37.8 Å². The summed E-state index contributed by atoms with van der Waals surface area (Å²) in [6.07, 6.45) is 0.947. The second-order valence-corrected chi connectivity index (χ2v) is 6.58. The fraction of sp³-hybridized carbons (Fsp3) is 0.333. The van der Waals surface area contributed by atoms with Gasteiger partial charge in [0.05, 0.1) is 23.5 Å². The molecule has 0 aliphatic rings. The van der Waals surface area contributed by atoms with Crippen LogP contribution in [-0.2, 0) is 6.42 Å². The zero-order chi connectivity index (χ0) is 14.6. The van der Waals surface area contributed by atoms with E-state index in [-0.39, 0.29) is 0 Å². The van der Waals surface area contributed by atoms with Crippen molar-refractivity contribution in [3.05, 3.63) is 23.3 Å². The van der Waals surface area contributed by atoms with Crippen molar-refractivity contribution in [1.29, 1.82) is 0 Å². The Morgan fingerprint density at radius 1 is 0.857 bits per heavy atom. The summed E-state index contributed by atoms with van der Waals surface area (Å²) in [7, 11) is 0. The highest BCUT2D eigenvalue weighted by Gasteiger charge is 2.17. The lowest BCUT2D eigenvalue weighted by molar-refractivity contribution is 0.876. The molecule has 0 fully saturated rings. The molecule has 0 radical (unpaired) electrons. The summed E-state index contributed by atoms with van der Waals surface area (Å²) in [5.74, 6) is 0.410. The van der Waals surface area contributed by atoms with E-state index in [1.165, 1.54) is 34.6 Å². The van der Waals surface area contributed by atoms with Gasteiger partial charge in [-0.2, -0.15) is 17.5 Å². The summed E-state index contributed by atoms with van der Waals surface area (Å²) < 4.78 is 18.1. The van der Waals surface area contributed by atoms with Crippen molar-refractivity contribution in [2.24, 2.45) is 0 Å². The molecule has 106 valence electrons. The molecule has 0 aliphatic heterocycles. The lowest BCUT2D eigenvalue weighted by atomic mass is 9.94. The van der Waals surface area contributed by atoms with Crippen LogP contribution in [0.15, 0.2) is 12.1 Å². The van der Waals surface area contributed by atoms with E-state index in [0.29, 0.717) is 5.92 Å². The molecule has 4 aromatic rings. The van der Waals surface area contributed by atoms with Crippen molar-refractivity contribution in [2.45, 2.75) is 33.1 Å². The van der Waals surface area contributed by atoms with Gasteiger partial charge in [0.1, 0.15) is 22.1 Å². The van der Waals surface area contributed by atoms with E-state index >= 15 is 0 Å². The number of hydrogen-bond acceptors (Lipinski definition) is 6. The lowest BCUT2D eigenvalue weighted by Gasteiger charge is -2.10. The van der Waals surface area contributed by atoms with Gasteiger partial charge in [-0.25, -0.2) is 0 Å². The van der Waals surface area contributed by atoms with Gasteiger partial charge in [-0.05, 0) is 35.6 Å². The van der Waals surface area contributed by atoms with Gasteiger partial charge < -0.3 is 0 Å². The van der Waals surface area contributed by atoms with Crippen molar-refractivity contribution in [2.75, 3.05) is 0 Å². The van der Waals surface area contributed by atoms with Gasteiger partial charge in [0.15, 0.2) is 0 Å². The third kappa shape index (κ3) is 1.79. The standard InChI is InChI=1S/C15H14N4S2/c1-4-8-5-10-11(14-12(8)16-20-18-14)6-9(7(2)3)13-15(10)19-21-17-13/h5-7H,4H2,1-3H3. The highest BCUT2D eigenvalue weighted by Crippen LogP contribution is 2.36. The van der Waals surface area contributed by atoms with Crippen LogP contribution in [0.5, 0.6) is 0 Å². The predicted molar refractivity (Wildman–Crippen MR) is 89.4 cm³/mol. The molecule has 0 aliphatic carbocycles. The first kappa shape index (κ1) is 13.0. The quantitative estimate of drug-likeness (QED) is 0.545. The van der Waals surface area contributed by atoms with Crippen molar-refractivity contribution in [3.8, 4) is 0 Å². The lowest BCUT2D eigenvalue weighted by Crippen LogP contribution is -1.93. The molecular formula is C15H14N4S2. The highest BCUT2D eigenvalue weighted by molar-refractivity contribution is 7.00. The van der Waals surface area contributed by atoms with Crippen molar-refractivity contribution in [3.63, 3.8) is 0 Å². The molecule has 2 heterocycles. The largest absolute Gasteiger partial charge is 0.173 e. The minimum Gasteiger partial charge on any atom is -0.173 e. The van der Waals surface area contributed by atoms with E-state index in [4.69, 9.17) is 0 Å². The summed E-state index contributed by atoms with van der Waals surface area (Å²) in [6, 6.07) is 4.44. The molecule has 0 saturated heterocycles. The molecule has 4 nitrogen and oxygen atoms in total. The van der Waals surface area contributed by atoms with E-state index in [9.17, 15) is 0 Å². The molecule has 0 bridgehead atoms. The first-order valence-electron chi connectivity index (χ1n) is 7.03. The van der Waals surface area contributed by atoms with E-state index in [2.05, 4.69) is 50.4 Å². The molecule has 0 N–H and O–H groups in total. The number of benzene rings is 2. The van der Waals surface area contributed by atoms with Gasteiger partial charge in [-0.15, -0.1) is 0 Å². The molecule has 0 amide bonds. The van der Waals surface area contributed by atoms with Crippen LogP contribution >= 0.6 is 23.5 Å². The van der Waals surface area contributed by atoms with Crippen molar-refractivity contribution >= 4 is 56.3 Å². The number of rotatable bonds is 2. The third-order valence-corrected chi connectivity index (χ3v) is 5.03. The van der Waals surface area contributed by atoms with E-state index in [1.807, 2.05) is 0 Å². The van der Waals surface area contributed by atoms with Gasteiger partial charge in [-0.3, -0.25) is 0 Å². The molecule has 4 rings (SSSR count). The number of aromatic nitrogens is 4. The number of hydrogen-bond donors (Lipinski definition) is 0. The molecule has 0 spiro atoms. The minimum atomic E-state index is 0.410. The van der Waals surface area contributed by atoms with Gasteiger partial charge in [0.2, 0.25) is 0 Å². The van der Waals surface area contributed by atoms with Crippen LogP contribution < -0.4 is 0 Å². The Bertz CT molecular complexity index is 968. The van der Waals surface area contributed by atoms with Crippen LogP contribution in [-0.4, -0.2) is 17.5 Å². The Labute approximate surface area is 130 Å². The molecule has 0 unspecified atom stereocenters. The monoisotopic (exact) mass is 314 g/mol. The van der Waals surface area contributed by atoms with Crippen LogP contribution in [0, 0.1) is 0 Å². The fourth-order valence-corrected chi connectivity index (χ4v) is 4.03. The zero-order valence-corrected chi connectivity index (χ0v) is 13.7. The molecule has 21 heavy (non-hydrogen) atoms. The average Bonchev–Trinajstić information content (AvgIpc) is 3.13. The Balaban J connectivity index is 2.28. The summed E-state index contributed by atoms with van der Waals surface area (Å²) in [5, 5.41) is 2.31. The first-order chi connectivity index (χ1) is 10.2. The number of nitrogens with zero attached hydrogens (tertiary/aromatic N) is 4. The third-order valence-electron chi connectivity index (χ3n) is 3.98. The smallest absolute Gasteiger partial charge is 0.112 e. The maximum absolute atomic E-state index is 4.54. The number of aryl methyl sites for hydroxylation is 1. The van der Waals surface area contributed by atoms with Crippen LogP contribution in [0.3, 0.4) is 0 Å². The summed E-state index contributed by atoms with van der Waals surface area (Å²) >= 11 is 2.57. The molecule has 6 heteroatoms. The van der Waals surface area contributed by atoms with Crippen LogP contribution in [0.25, 0.3) is 32.8 Å².